The predicted molar refractivity (Wildman–Crippen MR) is 75.1 cm³/mol. The lowest BCUT2D eigenvalue weighted by Gasteiger charge is -2.08. The third-order valence-electron chi connectivity index (χ3n) is 2.85. The summed E-state index contributed by atoms with van der Waals surface area (Å²) < 4.78 is 12.2. The molecule has 0 amide bonds. The van der Waals surface area contributed by atoms with Gasteiger partial charge in [0.2, 0.25) is 4.96 Å². The van der Waals surface area contributed by atoms with E-state index in [2.05, 4.69) is 15.3 Å². The molecule has 1 aromatic carbocycles. The van der Waals surface area contributed by atoms with Gasteiger partial charge in [-0.2, -0.15) is 9.61 Å². The first kappa shape index (κ1) is 12.8. The zero-order chi connectivity index (χ0) is 14.1. The first-order valence-corrected chi connectivity index (χ1v) is 6.72. The molecule has 0 unspecified atom stereocenters. The number of rotatable bonds is 4. The van der Waals surface area contributed by atoms with Crippen molar-refractivity contribution in [1.82, 2.24) is 19.8 Å². The van der Waals surface area contributed by atoms with Crippen LogP contribution in [0.4, 0.5) is 0 Å². The van der Waals surface area contributed by atoms with E-state index < -0.39 is 0 Å². The Morgan fingerprint density at radius 2 is 2.00 bits per heavy atom. The van der Waals surface area contributed by atoms with Crippen molar-refractivity contribution in [2.24, 2.45) is 5.73 Å². The fourth-order valence-corrected chi connectivity index (χ4v) is 2.61. The van der Waals surface area contributed by atoms with Crippen LogP contribution in [0.1, 0.15) is 5.01 Å². The van der Waals surface area contributed by atoms with Crippen molar-refractivity contribution < 1.29 is 9.47 Å². The quantitative estimate of drug-likeness (QED) is 0.780. The Morgan fingerprint density at radius 1 is 1.20 bits per heavy atom. The van der Waals surface area contributed by atoms with Crippen LogP contribution in [0.2, 0.25) is 0 Å². The maximum atomic E-state index is 5.60. The van der Waals surface area contributed by atoms with Crippen LogP contribution in [0.25, 0.3) is 16.3 Å². The molecule has 0 atom stereocenters. The highest BCUT2D eigenvalue weighted by Gasteiger charge is 2.14. The summed E-state index contributed by atoms with van der Waals surface area (Å²) in [6, 6.07) is 5.56. The van der Waals surface area contributed by atoms with E-state index in [1.807, 2.05) is 18.2 Å². The van der Waals surface area contributed by atoms with Crippen molar-refractivity contribution in [3.8, 4) is 22.9 Å². The third kappa shape index (κ3) is 1.98. The molecule has 2 aromatic heterocycles. The molecule has 104 valence electrons. The minimum atomic E-state index is 0.388. The Labute approximate surface area is 119 Å². The number of ether oxygens (including phenoxy) is 2. The van der Waals surface area contributed by atoms with E-state index in [9.17, 15) is 0 Å². The summed E-state index contributed by atoms with van der Waals surface area (Å²) in [6.45, 7) is 0.388. The first-order chi connectivity index (χ1) is 9.76. The molecule has 0 saturated carbocycles. The molecule has 0 aliphatic rings. The highest BCUT2D eigenvalue weighted by Crippen LogP contribution is 2.32. The van der Waals surface area contributed by atoms with E-state index >= 15 is 0 Å². The van der Waals surface area contributed by atoms with Gasteiger partial charge in [-0.3, -0.25) is 0 Å². The van der Waals surface area contributed by atoms with Gasteiger partial charge in [-0.05, 0) is 18.2 Å². The number of fused-ring (bicyclic) bond motifs is 1. The van der Waals surface area contributed by atoms with Gasteiger partial charge < -0.3 is 15.2 Å². The van der Waals surface area contributed by atoms with Gasteiger partial charge in [0.05, 0.1) is 14.2 Å². The SMILES string of the molecule is COc1ccc(-c2nnc3sc(CN)nn23)cc1OC. The number of hydrogen-bond acceptors (Lipinski definition) is 7. The third-order valence-corrected chi connectivity index (χ3v) is 3.77. The van der Waals surface area contributed by atoms with Gasteiger partial charge >= 0.3 is 0 Å². The Balaban J connectivity index is 2.12. The maximum absolute atomic E-state index is 5.60. The monoisotopic (exact) mass is 291 g/mol. The lowest BCUT2D eigenvalue weighted by molar-refractivity contribution is 0.355. The van der Waals surface area contributed by atoms with Crippen LogP contribution in [-0.4, -0.2) is 34.0 Å². The predicted octanol–water partition coefficient (Wildman–Crippen LogP) is 1.33. The van der Waals surface area contributed by atoms with Gasteiger partial charge in [0.25, 0.3) is 0 Å². The molecule has 8 heteroatoms. The van der Waals surface area contributed by atoms with Crippen molar-refractivity contribution in [1.29, 1.82) is 0 Å². The first-order valence-electron chi connectivity index (χ1n) is 5.90. The van der Waals surface area contributed by atoms with Crippen molar-refractivity contribution in [3.05, 3.63) is 23.2 Å². The molecule has 20 heavy (non-hydrogen) atoms. The van der Waals surface area contributed by atoms with Gasteiger partial charge in [0, 0.05) is 12.1 Å². The van der Waals surface area contributed by atoms with Crippen LogP contribution >= 0.6 is 11.3 Å². The van der Waals surface area contributed by atoms with Crippen molar-refractivity contribution in [3.63, 3.8) is 0 Å². The minimum absolute atomic E-state index is 0.388. The molecule has 7 nitrogen and oxygen atoms in total. The fraction of sp³-hybridized carbons (Fsp3) is 0.250. The van der Waals surface area contributed by atoms with Crippen molar-refractivity contribution >= 4 is 16.3 Å². The molecule has 2 heterocycles. The number of aromatic nitrogens is 4. The van der Waals surface area contributed by atoms with E-state index in [0.29, 0.717) is 23.9 Å². The van der Waals surface area contributed by atoms with Gasteiger partial charge in [-0.15, -0.1) is 10.2 Å². The summed E-state index contributed by atoms with van der Waals surface area (Å²) in [4.78, 5) is 0.718. The standard InChI is InChI=1S/C12H13N5O2S/c1-18-8-4-3-7(5-9(8)19-2)11-14-15-12-17(11)16-10(6-13)20-12/h3-5H,6,13H2,1-2H3. The number of nitrogens with zero attached hydrogens (tertiary/aromatic N) is 4. The average Bonchev–Trinajstić information content (AvgIpc) is 3.06. The zero-order valence-electron chi connectivity index (χ0n) is 11.0. The Bertz CT molecular complexity index is 751. The summed E-state index contributed by atoms with van der Waals surface area (Å²) in [7, 11) is 3.19. The Hall–Kier alpha value is -2.19. The number of hydrogen-bond donors (Lipinski definition) is 1. The van der Waals surface area contributed by atoms with Gasteiger partial charge in [0.1, 0.15) is 5.01 Å². The maximum Gasteiger partial charge on any atom is 0.235 e. The molecule has 0 fully saturated rings. The summed E-state index contributed by atoms with van der Waals surface area (Å²) in [5, 5.41) is 13.5. The topological polar surface area (TPSA) is 87.6 Å². The van der Waals surface area contributed by atoms with E-state index in [1.54, 1.807) is 18.7 Å². The molecule has 0 aliphatic carbocycles. The number of nitrogens with two attached hydrogens (primary N) is 1. The second-order valence-corrected chi connectivity index (χ2v) is 5.03. The zero-order valence-corrected chi connectivity index (χ0v) is 11.8. The second kappa shape index (κ2) is 5.06. The summed E-state index contributed by atoms with van der Waals surface area (Å²) in [5.41, 5.74) is 6.45. The molecular weight excluding hydrogens is 278 g/mol. The lowest BCUT2D eigenvalue weighted by atomic mass is 10.2. The molecule has 2 N–H and O–H groups in total. The smallest absolute Gasteiger partial charge is 0.235 e. The fourth-order valence-electron chi connectivity index (χ4n) is 1.89. The molecule has 0 saturated heterocycles. The normalized spacial score (nSPS) is 10.9. The van der Waals surface area contributed by atoms with E-state index in [4.69, 9.17) is 15.2 Å². The Kier molecular flexibility index (Phi) is 3.25. The van der Waals surface area contributed by atoms with Crippen LogP contribution in [0.15, 0.2) is 18.2 Å². The molecule has 3 rings (SSSR count). The summed E-state index contributed by atoms with van der Waals surface area (Å²) >= 11 is 1.43. The van der Waals surface area contributed by atoms with Crippen LogP contribution in [0.5, 0.6) is 11.5 Å². The van der Waals surface area contributed by atoms with Gasteiger partial charge in [-0.25, -0.2) is 0 Å². The van der Waals surface area contributed by atoms with Gasteiger partial charge in [-0.1, -0.05) is 11.3 Å². The molecule has 3 aromatic rings. The Morgan fingerprint density at radius 3 is 2.70 bits per heavy atom. The molecule has 0 aliphatic heterocycles. The van der Waals surface area contributed by atoms with Crippen LogP contribution < -0.4 is 15.2 Å². The summed E-state index contributed by atoms with van der Waals surface area (Å²) in [6.07, 6.45) is 0. The lowest BCUT2D eigenvalue weighted by Crippen LogP contribution is -1.98. The molecule has 0 spiro atoms. The average molecular weight is 291 g/mol. The van der Waals surface area contributed by atoms with Gasteiger partial charge in [0.15, 0.2) is 17.3 Å². The number of benzene rings is 1. The van der Waals surface area contributed by atoms with E-state index in [-0.39, 0.29) is 0 Å². The van der Waals surface area contributed by atoms with Crippen LogP contribution in [0, 0.1) is 0 Å². The molecular formula is C12H13N5O2S. The second-order valence-electron chi connectivity index (χ2n) is 3.99. The highest BCUT2D eigenvalue weighted by molar-refractivity contribution is 7.16. The molecule has 0 bridgehead atoms. The minimum Gasteiger partial charge on any atom is -0.493 e. The largest absolute Gasteiger partial charge is 0.493 e. The summed E-state index contributed by atoms with van der Waals surface area (Å²) in [5.74, 6) is 1.95. The highest BCUT2D eigenvalue weighted by atomic mass is 32.1. The van der Waals surface area contributed by atoms with E-state index in [0.717, 1.165) is 15.5 Å². The van der Waals surface area contributed by atoms with Crippen molar-refractivity contribution in [2.75, 3.05) is 14.2 Å². The molecule has 0 radical (unpaired) electrons. The van der Waals surface area contributed by atoms with Crippen LogP contribution in [0.3, 0.4) is 0 Å². The van der Waals surface area contributed by atoms with Crippen LogP contribution in [-0.2, 0) is 6.54 Å². The van der Waals surface area contributed by atoms with Crippen molar-refractivity contribution in [2.45, 2.75) is 6.54 Å². The number of methoxy groups -OCH3 is 2. The van der Waals surface area contributed by atoms with E-state index in [1.165, 1.54) is 11.3 Å².